The van der Waals surface area contributed by atoms with Gasteiger partial charge in [-0.2, -0.15) is 0 Å². The van der Waals surface area contributed by atoms with Crippen LogP contribution in [0.3, 0.4) is 0 Å². The quantitative estimate of drug-likeness (QED) is 0.129. The third-order valence-corrected chi connectivity index (χ3v) is 6.33. The number of nitrogens with zero attached hydrogens (tertiary/aromatic N) is 2. The van der Waals surface area contributed by atoms with Gasteiger partial charge in [-0.1, -0.05) is 65.8 Å². The molecular formula is C31H30N2O3. The topological polar surface area (TPSA) is 71.8 Å². The van der Waals surface area contributed by atoms with Crippen molar-refractivity contribution in [3.63, 3.8) is 0 Å². The number of carbonyl (C=O) groups is 1. The maximum atomic E-state index is 12.2. The molecule has 1 N–H and O–H groups in total. The SMILES string of the molecule is CCOC(=O)c1cccc(-c2ccc(C(C/C(=N/O)c3ccnc(C)c3)c3ccccc3C)cc2)c1. The zero-order chi connectivity index (χ0) is 25.5. The van der Waals surface area contributed by atoms with Crippen LogP contribution >= 0.6 is 0 Å². The molecule has 4 rings (SSSR count). The van der Waals surface area contributed by atoms with Crippen LogP contribution in [0.15, 0.2) is 96.3 Å². The number of benzene rings is 3. The van der Waals surface area contributed by atoms with E-state index in [1.54, 1.807) is 19.2 Å². The second kappa shape index (κ2) is 11.5. The number of hydrogen-bond acceptors (Lipinski definition) is 5. The van der Waals surface area contributed by atoms with E-state index in [4.69, 9.17) is 4.74 Å². The van der Waals surface area contributed by atoms with Gasteiger partial charge in [-0.05, 0) is 72.9 Å². The molecule has 182 valence electrons. The number of aryl methyl sites for hydroxylation is 2. The van der Waals surface area contributed by atoms with Crippen molar-refractivity contribution in [1.29, 1.82) is 0 Å². The number of carbonyl (C=O) groups excluding carboxylic acids is 1. The number of ether oxygens (including phenoxy) is 1. The molecule has 4 aromatic rings. The summed E-state index contributed by atoms with van der Waals surface area (Å²) in [4.78, 5) is 16.4. The molecule has 5 heteroatoms. The zero-order valence-electron chi connectivity index (χ0n) is 20.8. The van der Waals surface area contributed by atoms with E-state index in [1.807, 2.05) is 49.4 Å². The summed E-state index contributed by atoms with van der Waals surface area (Å²) in [5, 5.41) is 13.6. The number of hydrogen-bond donors (Lipinski definition) is 1. The highest BCUT2D eigenvalue weighted by atomic mass is 16.5. The fourth-order valence-corrected chi connectivity index (χ4v) is 4.47. The zero-order valence-corrected chi connectivity index (χ0v) is 20.8. The summed E-state index contributed by atoms with van der Waals surface area (Å²) < 4.78 is 5.15. The predicted octanol–water partition coefficient (Wildman–Crippen LogP) is 6.94. The molecule has 0 fully saturated rings. The van der Waals surface area contributed by atoms with Crippen LogP contribution < -0.4 is 0 Å². The highest BCUT2D eigenvalue weighted by molar-refractivity contribution is 6.01. The van der Waals surface area contributed by atoms with Gasteiger partial charge in [0.25, 0.3) is 0 Å². The van der Waals surface area contributed by atoms with Crippen molar-refractivity contribution in [2.24, 2.45) is 5.16 Å². The lowest BCUT2D eigenvalue weighted by atomic mass is 9.83. The molecule has 1 aromatic heterocycles. The van der Waals surface area contributed by atoms with Gasteiger partial charge in [-0.25, -0.2) is 4.79 Å². The minimum Gasteiger partial charge on any atom is -0.462 e. The Bertz CT molecular complexity index is 1380. The van der Waals surface area contributed by atoms with Crippen molar-refractivity contribution < 1.29 is 14.7 Å². The Balaban J connectivity index is 1.69. The molecular weight excluding hydrogens is 448 g/mol. The average molecular weight is 479 g/mol. The van der Waals surface area contributed by atoms with Gasteiger partial charge >= 0.3 is 5.97 Å². The molecule has 0 aliphatic rings. The summed E-state index contributed by atoms with van der Waals surface area (Å²) in [6.45, 7) is 6.17. The fourth-order valence-electron chi connectivity index (χ4n) is 4.47. The van der Waals surface area contributed by atoms with Gasteiger partial charge in [0.05, 0.1) is 17.9 Å². The Kier molecular flexibility index (Phi) is 7.91. The van der Waals surface area contributed by atoms with Crippen LogP contribution in [-0.2, 0) is 4.74 Å². The molecule has 1 atom stereocenters. The van der Waals surface area contributed by atoms with E-state index < -0.39 is 0 Å². The van der Waals surface area contributed by atoms with Crippen LogP contribution in [0.5, 0.6) is 0 Å². The van der Waals surface area contributed by atoms with Crippen molar-refractivity contribution in [3.8, 4) is 11.1 Å². The standard InChI is InChI=1S/C31H30N2O3/c1-4-36-31(34)27-10-7-9-25(19-27)23-12-14-24(15-13-23)29(28-11-6-5-8-21(28)2)20-30(33-35)26-16-17-32-22(3)18-26/h5-19,29,35H,4,20H2,1-3H3/b33-30-. The van der Waals surface area contributed by atoms with Crippen LogP contribution in [0.2, 0.25) is 0 Å². The largest absolute Gasteiger partial charge is 0.462 e. The van der Waals surface area contributed by atoms with Crippen LogP contribution in [0.1, 0.15) is 57.6 Å². The first-order valence-corrected chi connectivity index (χ1v) is 12.1. The predicted molar refractivity (Wildman–Crippen MR) is 143 cm³/mol. The summed E-state index contributed by atoms with van der Waals surface area (Å²) in [5.74, 6) is -0.330. The molecule has 0 radical (unpaired) electrons. The first-order chi connectivity index (χ1) is 17.5. The Morgan fingerprint density at radius 3 is 2.39 bits per heavy atom. The summed E-state index contributed by atoms with van der Waals surface area (Å²) in [6, 6.07) is 27.9. The van der Waals surface area contributed by atoms with Crippen molar-refractivity contribution in [1.82, 2.24) is 4.98 Å². The highest BCUT2D eigenvalue weighted by Gasteiger charge is 2.21. The third kappa shape index (κ3) is 5.69. The van der Waals surface area contributed by atoms with Gasteiger partial charge < -0.3 is 9.94 Å². The first-order valence-electron chi connectivity index (χ1n) is 12.1. The first kappa shape index (κ1) is 24.9. The number of pyridine rings is 1. The van der Waals surface area contributed by atoms with E-state index in [-0.39, 0.29) is 11.9 Å². The summed E-state index contributed by atoms with van der Waals surface area (Å²) in [7, 11) is 0. The van der Waals surface area contributed by atoms with Crippen LogP contribution in [0.4, 0.5) is 0 Å². The molecule has 0 amide bonds. The maximum absolute atomic E-state index is 12.2. The number of oxime groups is 1. The van der Waals surface area contributed by atoms with E-state index >= 15 is 0 Å². The van der Waals surface area contributed by atoms with Crippen LogP contribution in [-0.4, -0.2) is 28.5 Å². The van der Waals surface area contributed by atoms with E-state index in [1.165, 1.54) is 11.1 Å². The second-order valence-corrected chi connectivity index (χ2v) is 8.77. The molecule has 1 unspecified atom stereocenters. The molecule has 0 spiro atoms. The fraction of sp³-hybridized carbons (Fsp3) is 0.194. The van der Waals surface area contributed by atoms with Crippen molar-refractivity contribution in [2.45, 2.75) is 33.1 Å². The number of esters is 1. The molecule has 0 aliphatic carbocycles. The maximum Gasteiger partial charge on any atom is 0.338 e. The Labute approximate surface area is 212 Å². The van der Waals surface area contributed by atoms with Crippen molar-refractivity contribution >= 4 is 11.7 Å². The van der Waals surface area contributed by atoms with E-state index in [0.29, 0.717) is 24.3 Å². The molecule has 0 aliphatic heterocycles. The monoisotopic (exact) mass is 478 g/mol. The molecule has 36 heavy (non-hydrogen) atoms. The van der Waals surface area contributed by atoms with Gasteiger partial charge in [0.15, 0.2) is 0 Å². The number of rotatable bonds is 8. The Morgan fingerprint density at radius 2 is 1.69 bits per heavy atom. The van der Waals surface area contributed by atoms with Crippen molar-refractivity contribution in [2.75, 3.05) is 6.61 Å². The van der Waals surface area contributed by atoms with E-state index in [9.17, 15) is 10.0 Å². The Hall–Kier alpha value is -4.25. The molecule has 0 saturated heterocycles. The minimum absolute atomic E-state index is 0.00881. The molecule has 3 aromatic carbocycles. The molecule has 0 saturated carbocycles. The normalized spacial score (nSPS) is 12.2. The van der Waals surface area contributed by atoms with Gasteiger partial charge in [-0.15, -0.1) is 0 Å². The van der Waals surface area contributed by atoms with E-state index in [2.05, 4.69) is 53.5 Å². The van der Waals surface area contributed by atoms with Crippen LogP contribution in [0.25, 0.3) is 11.1 Å². The van der Waals surface area contributed by atoms with Gasteiger partial charge in [-0.3, -0.25) is 4.98 Å². The van der Waals surface area contributed by atoms with Crippen molar-refractivity contribution in [3.05, 3.63) is 125 Å². The third-order valence-electron chi connectivity index (χ3n) is 6.33. The average Bonchev–Trinajstić information content (AvgIpc) is 2.90. The summed E-state index contributed by atoms with van der Waals surface area (Å²) >= 11 is 0. The lowest BCUT2D eigenvalue weighted by Gasteiger charge is -2.21. The number of aromatic nitrogens is 1. The van der Waals surface area contributed by atoms with Crippen LogP contribution in [0, 0.1) is 13.8 Å². The summed E-state index contributed by atoms with van der Waals surface area (Å²) in [6.07, 6.45) is 2.26. The highest BCUT2D eigenvalue weighted by Crippen LogP contribution is 2.33. The smallest absolute Gasteiger partial charge is 0.338 e. The Morgan fingerprint density at radius 1 is 0.917 bits per heavy atom. The van der Waals surface area contributed by atoms with Gasteiger partial charge in [0.1, 0.15) is 0 Å². The summed E-state index contributed by atoms with van der Waals surface area (Å²) in [5.41, 5.74) is 8.30. The molecule has 5 nitrogen and oxygen atoms in total. The van der Waals surface area contributed by atoms with Gasteiger partial charge in [0, 0.05) is 29.8 Å². The van der Waals surface area contributed by atoms with Gasteiger partial charge in [0.2, 0.25) is 0 Å². The molecule has 1 heterocycles. The molecule has 0 bridgehead atoms. The lowest BCUT2D eigenvalue weighted by Crippen LogP contribution is -2.12. The van der Waals surface area contributed by atoms with E-state index in [0.717, 1.165) is 27.9 Å². The lowest BCUT2D eigenvalue weighted by molar-refractivity contribution is 0.0526. The second-order valence-electron chi connectivity index (χ2n) is 8.77. The minimum atomic E-state index is -0.322.